The summed E-state index contributed by atoms with van der Waals surface area (Å²) in [5, 5.41) is 9.66. The van der Waals surface area contributed by atoms with Gasteiger partial charge in [0.1, 0.15) is 31.0 Å². The first-order chi connectivity index (χ1) is 22.6. The van der Waals surface area contributed by atoms with E-state index < -0.39 is 41.9 Å². The summed E-state index contributed by atoms with van der Waals surface area (Å²) in [7, 11) is 0. The van der Waals surface area contributed by atoms with Gasteiger partial charge in [0.05, 0.1) is 6.61 Å². The number of alkyl carbamates (subject to hydrolysis) is 1. The van der Waals surface area contributed by atoms with Crippen LogP contribution in [-0.2, 0) is 46.4 Å². The topological polar surface area (TPSA) is 149 Å². The van der Waals surface area contributed by atoms with E-state index in [1.54, 1.807) is 45.0 Å². The quantitative estimate of drug-likeness (QED) is 0.0885. The maximum Gasteiger partial charge on any atom is 0.408 e. The van der Waals surface area contributed by atoms with E-state index in [2.05, 4.69) is 22.5 Å². The number of amides is 3. The molecule has 0 saturated heterocycles. The highest BCUT2D eigenvalue weighted by molar-refractivity contribution is 5.98. The van der Waals surface area contributed by atoms with Gasteiger partial charge in [-0.1, -0.05) is 85.5 Å². The van der Waals surface area contributed by atoms with Crippen LogP contribution in [0.4, 0.5) is 4.79 Å². The van der Waals surface area contributed by atoms with Crippen molar-refractivity contribution in [1.82, 2.24) is 16.0 Å². The lowest BCUT2D eigenvalue weighted by Crippen LogP contribution is -2.54. The minimum atomic E-state index is -1.26. The summed E-state index contributed by atoms with van der Waals surface area (Å²) in [6.45, 7) is 8.52. The van der Waals surface area contributed by atoms with E-state index in [4.69, 9.17) is 14.2 Å². The number of ether oxygens (including phenoxy) is 3. The maximum atomic E-state index is 13.8. The van der Waals surface area contributed by atoms with Gasteiger partial charge in [0.2, 0.25) is 11.8 Å². The second kappa shape index (κ2) is 18.5. The van der Waals surface area contributed by atoms with Crippen molar-refractivity contribution in [2.75, 3.05) is 13.2 Å². The van der Waals surface area contributed by atoms with Crippen molar-refractivity contribution in [2.24, 2.45) is 0 Å². The molecule has 0 spiro atoms. The van der Waals surface area contributed by atoms with Crippen LogP contribution in [0.25, 0.3) is 10.8 Å². The number of carbonyl (C=O) groups excluding carboxylic acids is 5. The normalized spacial score (nSPS) is 11.7. The van der Waals surface area contributed by atoms with Crippen LogP contribution >= 0.6 is 0 Å². The first-order valence-electron chi connectivity index (χ1n) is 15.3. The highest BCUT2D eigenvalue weighted by Crippen LogP contribution is 2.20. The average molecular weight is 644 g/mol. The van der Waals surface area contributed by atoms with Crippen molar-refractivity contribution in [3.63, 3.8) is 0 Å². The molecule has 0 aliphatic rings. The smallest absolute Gasteiger partial charge is 0.408 e. The fourth-order valence-corrected chi connectivity index (χ4v) is 4.64. The summed E-state index contributed by atoms with van der Waals surface area (Å²) >= 11 is 0. The predicted molar refractivity (Wildman–Crippen MR) is 177 cm³/mol. The van der Waals surface area contributed by atoms with Gasteiger partial charge in [-0.3, -0.25) is 14.4 Å². The molecule has 0 aromatic heterocycles. The third-order valence-electron chi connectivity index (χ3n) is 6.99. The monoisotopic (exact) mass is 643 g/mol. The fraction of sp³-hybridized carbons (Fsp3) is 0.306. The molecule has 0 aliphatic heterocycles. The molecule has 0 bridgehead atoms. The number of benzene rings is 3. The van der Waals surface area contributed by atoms with Crippen LogP contribution in [0.3, 0.4) is 0 Å². The zero-order chi connectivity index (χ0) is 34.2. The Balaban J connectivity index is 1.88. The molecule has 0 heterocycles. The Bertz CT molecular complexity index is 1590. The molecule has 3 amide bonds. The molecular weight excluding hydrogens is 602 g/mol. The summed E-state index contributed by atoms with van der Waals surface area (Å²) in [5.74, 6) is -2.74. The van der Waals surface area contributed by atoms with Crippen molar-refractivity contribution in [3.05, 3.63) is 108 Å². The molecule has 0 radical (unpaired) electrons. The molecular formula is C36H41N3O8. The largest absolute Gasteiger partial charge is 0.466 e. The lowest BCUT2D eigenvalue weighted by atomic mass is 9.97. The Morgan fingerprint density at radius 2 is 1.51 bits per heavy atom. The molecule has 47 heavy (non-hydrogen) atoms. The van der Waals surface area contributed by atoms with Gasteiger partial charge in [-0.15, -0.1) is 0 Å². The standard InChI is InChI=1S/C36H41N3O8/c1-5-21-46-35(43)32(24(3)4)39-34(42)30(22-27-17-12-16-26-15-10-11-18-28(26)27)37-33(41)29(19-20-31(40)45-6-2)38-36(44)47-23-25-13-8-7-9-14-25/h5,7-18,29-30H,1,6,19-23H2,2-4H3,(H,37,41)(H,38,44)(H,39,42). The van der Waals surface area contributed by atoms with E-state index in [0.717, 1.165) is 21.9 Å². The van der Waals surface area contributed by atoms with Gasteiger partial charge in [0.25, 0.3) is 0 Å². The van der Waals surface area contributed by atoms with Gasteiger partial charge in [-0.05, 0) is 54.7 Å². The second-order valence-electron chi connectivity index (χ2n) is 10.8. The number of hydrogen-bond donors (Lipinski definition) is 3. The molecule has 3 aromatic rings. The van der Waals surface area contributed by atoms with E-state index in [0.29, 0.717) is 5.57 Å². The lowest BCUT2D eigenvalue weighted by molar-refractivity contribution is -0.143. The van der Waals surface area contributed by atoms with E-state index in [-0.39, 0.29) is 44.8 Å². The first-order valence-corrected chi connectivity index (χ1v) is 15.3. The van der Waals surface area contributed by atoms with Crippen molar-refractivity contribution in [1.29, 1.82) is 0 Å². The first kappa shape index (κ1) is 36.0. The summed E-state index contributed by atoms with van der Waals surface area (Å²) in [4.78, 5) is 65.2. The van der Waals surface area contributed by atoms with Crippen LogP contribution in [0.15, 0.2) is 96.7 Å². The number of carbonyl (C=O) groups is 5. The molecule has 11 heteroatoms. The Morgan fingerprint density at radius 3 is 2.21 bits per heavy atom. The van der Waals surface area contributed by atoms with Crippen LogP contribution in [0.1, 0.15) is 44.7 Å². The number of allylic oxidation sites excluding steroid dienone is 1. The number of fused-ring (bicyclic) bond motifs is 1. The summed E-state index contributed by atoms with van der Waals surface area (Å²) in [6, 6.07) is 19.7. The van der Waals surface area contributed by atoms with Crippen LogP contribution in [0, 0.1) is 0 Å². The van der Waals surface area contributed by atoms with Crippen molar-refractivity contribution >= 4 is 40.6 Å². The Morgan fingerprint density at radius 1 is 0.809 bits per heavy atom. The van der Waals surface area contributed by atoms with Gasteiger partial charge >= 0.3 is 18.0 Å². The van der Waals surface area contributed by atoms with Crippen LogP contribution in [0.2, 0.25) is 0 Å². The molecule has 0 fully saturated rings. The Labute approximate surface area is 274 Å². The molecule has 3 rings (SSSR count). The van der Waals surface area contributed by atoms with Crippen molar-refractivity contribution < 1.29 is 38.2 Å². The number of esters is 2. The fourth-order valence-electron chi connectivity index (χ4n) is 4.64. The zero-order valence-corrected chi connectivity index (χ0v) is 26.9. The maximum absolute atomic E-state index is 13.8. The third-order valence-corrected chi connectivity index (χ3v) is 6.99. The average Bonchev–Trinajstić information content (AvgIpc) is 3.07. The highest BCUT2D eigenvalue weighted by Gasteiger charge is 2.30. The predicted octanol–water partition coefficient (Wildman–Crippen LogP) is 4.64. The molecule has 248 valence electrons. The van der Waals surface area contributed by atoms with Gasteiger partial charge in [0, 0.05) is 12.8 Å². The number of hydrogen-bond acceptors (Lipinski definition) is 8. The van der Waals surface area contributed by atoms with Crippen molar-refractivity contribution in [3.8, 4) is 0 Å². The van der Waals surface area contributed by atoms with Gasteiger partial charge in [0.15, 0.2) is 0 Å². The second-order valence-corrected chi connectivity index (χ2v) is 10.8. The molecule has 0 aliphatic carbocycles. The van der Waals surface area contributed by atoms with E-state index in [1.165, 1.54) is 6.08 Å². The molecule has 2 unspecified atom stereocenters. The van der Waals surface area contributed by atoms with Gasteiger partial charge in [-0.2, -0.15) is 0 Å². The minimum Gasteiger partial charge on any atom is -0.466 e. The zero-order valence-electron chi connectivity index (χ0n) is 26.9. The van der Waals surface area contributed by atoms with Crippen LogP contribution in [-0.4, -0.2) is 55.1 Å². The number of nitrogens with one attached hydrogen (secondary N) is 3. The summed E-state index contributed by atoms with van der Waals surface area (Å²) in [6.07, 6.45) is 0.257. The van der Waals surface area contributed by atoms with Gasteiger partial charge in [-0.25, -0.2) is 9.59 Å². The molecule has 0 saturated carbocycles. The number of rotatable bonds is 16. The third kappa shape index (κ3) is 11.4. The summed E-state index contributed by atoms with van der Waals surface area (Å²) in [5.41, 5.74) is 1.91. The molecule has 3 aromatic carbocycles. The summed E-state index contributed by atoms with van der Waals surface area (Å²) < 4.78 is 15.5. The SMILES string of the molecule is C=CCOC(=O)C(NC(=O)C(Cc1cccc2ccccc12)NC(=O)C(CCC(=O)OCC)NC(=O)OCc1ccccc1)=C(C)C. The molecule has 3 N–H and O–H groups in total. The van der Waals surface area contributed by atoms with Gasteiger partial charge < -0.3 is 30.2 Å². The molecule has 11 nitrogen and oxygen atoms in total. The van der Waals surface area contributed by atoms with E-state index in [9.17, 15) is 24.0 Å². The Kier molecular flexibility index (Phi) is 14.2. The van der Waals surface area contributed by atoms with Crippen LogP contribution in [0.5, 0.6) is 0 Å². The molecule has 2 atom stereocenters. The van der Waals surface area contributed by atoms with E-state index >= 15 is 0 Å². The Hall–Kier alpha value is -5.45. The highest BCUT2D eigenvalue weighted by atomic mass is 16.5. The van der Waals surface area contributed by atoms with E-state index in [1.807, 2.05) is 48.5 Å². The van der Waals surface area contributed by atoms with Crippen molar-refractivity contribution in [2.45, 2.75) is 58.7 Å². The lowest BCUT2D eigenvalue weighted by Gasteiger charge is -2.24. The minimum absolute atomic E-state index is 0.0414. The van der Waals surface area contributed by atoms with Crippen LogP contribution < -0.4 is 16.0 Å².